The lowest BCUT2D eigenvalue weighted by molar-refractivity contribution is 0.577. The first-order valence-corrected chi connectivity index (χ1v) is 9.33. The second-order valence-electron chi connectivity index (χ2n) is 6.40. The first kappa shape index (κ1) is 16.7. The molecule has 130 valence electrons. The van der Waals surface area contributed by atoms with E-state index >= 15 is 0 Å². The second kappa shape index (κ2) is 6.87. The summed E-state index contributed by atoms with van der Waals surface area (Å²) in [5, 5.41) is 1.26. The number of hydrogen-bond acceptors (Lipinski definition) is 3. The lowest BCUT2D eigenvalue weighted by atomic mass is 9.98. The van der Waals surface area contributed by atoms with Crippen LogP contribution in [0.4, 0.5) is 5.69 Å². The van der Waals surface area contributed by atoms with Gasteiger partial charge in [0.15, 0.2) is 5.65 Å². The van der Waals surface area contributed by atoms with Gasteiger partial charge in [-0.15, -0.1) is 0 Å². The molecule has 1 aromatic carbocycles. The third-order valence-corrected chi connectivity index (χ3v) is 5.41. The summed E-state index contributed by atoms with van der Waals surface area (Å²) in [6.45, 7) is 2.50. The van der Waals surface area contributed by atoms with Gasteiger partial charge in [0, 0.05) is 65.0 Å². The van der Waals surface area contributed by atoms with Crippen LogP contribution in [0.15, 0.2) is 36.8 Å². The molecule has 0 radical (unpaired) electrons. The molecule has 0 bridgehead atoms. The summed E-state index contributed by atoms with van der Waals surface area (Å²) in [6, 6.07) is 5.60. The van der Waals surface area contributed by atoms with Gasteiger partial charge in [-0.25, -0.2) is 4.98 Å². The highest BCUT2D eigenvalue weighted by molar-refractivity contribution is 6.36. The average Bonchev–Trinajstić information content (AvgIpc) is 3.09. The van der Waals surface area contributed by atoms with Crippen molar-refractivity contribution >= 4 is 34.5 Å². The maximum atomic E-state index is 6.49. The van der Waals surface area contributed by atoms with E-state index in [9.17, 15) is 0 Å². The van der Waals surface area contributed by atoms with E-state index in [-0.39, 0.29) is 0 Å². The maximum absolute atomic E-state index is 6.49. The van der Waals surface area contributed by atoms with Crippen LogP contribution in [-0.4, -0.2) is 22.5 Å². The van der Waals surface area contributed by atoms with Crippen LogP contribution in [0.25, 0.3) is 16.8 Å². The van der Waals surface area contributed by atoms with Gasteiger partial charge >= 0.3 is 0 Å². The number of anilines is 1. The predicted octanol–water partition coefficient (Wildman–Crippen LogP) is 4.76. The molecule has 1 fully saturated rings. The van der Waals surface area contributed by atoms with Crippen LogP contribution in [0.2, 0.25) is 10.0 Å². The summed E-state index contributed by atoms with van der Waals surface area (Å²) in [5.41, 5.74) is 11.4. The predicted molar refractivity (Wildman–Crippen MR) is 105 cm³/mol. The molecule has 0 unspecified atom stereocenters. The van der Waals surface area contributed by atoms with Gasteiger partial charge in [0.1, 0.15) is 0 Å². The van der Waals surface area contributed by atoms with Gasteiger partial charge in [-0.05, 0) is 31.4 Å². The van der Waals surface area contributed by atoms with Crippen molar-refractivity contribution in [3.05, 3.63) is 52.4 Å². The topological polar surface area (TPSA) is 46.6 Å². The molecule has 3 heterocycles. The number of pyridine rings is 1. The van der Waals surface area contributed by atoms with Gasteiger partial charge in [-0.3, -0.25) is 0 Å². The molecule has 1 saturated heterocycles. The van der Waals surface area contributed by atoms with E-state index in [2.05, 4.69) is 20.5 Å². The molecule has 3 aromatic rings. The Hall–Kier alpha value is -1.75. The monoisotopic (exact) mass is 374 g/mol. The van der Waals surface area contributed by atoms with E-state index in [1.165, 1.54) is 19.3 Å². The van der Waals surface area contributed by atoms with Gasteiger partial charge in [-0.1, -0.05) is 29.3 Å². The largest absolute Gasteiger partial charge is 0.368 e. The second-order valence-corrected chi connectivity index (χ2v) is 7.25. The van der Waals surface area contributed by atoms with Gasteiger partial charge in [0.2, 0.25) is 0 Å². The quantitative estimate of drug-likeness (QED) is 0.718. The molecule has 6 heteroatoms. The minimum Gasteiger partial charge on any atom is -0.368 e. The molecule has 0 aliphatic carbocycles. The van der Waals surface area contributed by atoms with Crippen LogP contribution in [-0.2, 0) is 6.54 Å². The molecule has 0 atom stereocenters. The highest BCUT2D eigenvalue weighted by Gasteiger charge is 2.22. The fraction of sp³-hybridized carbons (Fsp3) is 0.316. The Bertz CT molecular complexity index is 913. The Balaban J connectivity index is 1.98. The van der Waals surface area contributed by atoms with E-state index in [1.54, 1.807) is 6.07 Å². The van der Waals surface area contributed by atoms with Crippen molar-refractivity contribution in [2.24, 2.45) is 5.73 Å². The number of piperidine rings is 1. The fourth-order valence-electron chi connectivity index (χ4n) is 3.68. The minimum atomic E-state index is 0.434. The molecule has 0 spiro atoms. The molecular weight excluding hydrogens is 355 g/mol. The van der Waals surface area contributed by atoms with E-state index in [0.29, 0.717) is 16.6 Å². The Labute approximate surface area is 157 Å². The molecule has 1 aliphatic rings. The smallest absolute Gasteiger partial charge is 0.160 e. The summed E-state index contributed by atoms with van der Waals surface area (Å²) < 4.78 is 2.06. The van der Waals surface area contributed by atoms with Crippen LogP contribution in [0, 0.1) is 0 Å². The normalized spacial score (nSPS) is 15.1. The Kier molecular flexibility index (Phi) is 4.59. The number of halogens is 2. The number of fused-ring (bicyclic) bond motifs is 1. The standard InChI is InChI=1S/C19H20Cl2N4/c20-13-4-5-14(17(21)10-13)16-12-25-9-6-23-19(25)18(15(16)11-22)24-7-2-1-3-8-24/h4-6,9-10,12H,1-3,7-8,11,22H2. The number of aromatic nitrogens is 2. The number of nitrogens with two attached hydrogens (primary N) is 1. The highest BCUT2D eigenvalue weighted by atomic mass is 35.5. The third-order valence-electron chi connectivity index (χ3n) is 4.86. The maximum Gasteiger partial charge on any atom is 0.160 e. The lowest BCUT2D eigenvalue weighted by Gasteiger charge is -2.31. The number of imidazole rings is 1. The van der Waals surface area contributed by atoms with Gasteiger partial charge in [0.05, 0.1) is 5.69 Å². The summed E-state index contributed by atoms with van der Waals surface area (Å²) in [4.78, 5) is 7.00. The van der Waals surface area contributed by atoms with E-state index in [1.807, 2.05) is 24.5 Å². The average molecular weight is 375 g/mol. The van der Waals surface area contributed by atoms with Crippen molar-refractivity contribution in [2.45, 2.75) is 25.8 Å². The first-order chi connectivity index (χ1) is 12.2. The Morgan fingerprint density at radius 1 is 1.08 bits per heavy atom. The van der Waals surface area contributed by atoms with Crippen LogP contribution >= 0.6 is 23.2 Å². The highest BCUT2D eigenvalue weighted by Crippen LogP contribution is 2.38. The molecule has 25 heavy (non-hydrogen) atoms. The number of rotatable bonds is 3. The van der Waals surface area contributed by atoms with E-state index in [0.717, 1.165) is 41.1 Å². The third kappa shape index (κ3) is 2.99. The van der Waals surface area contributed by atoms with Crippen molar-refractivity contribution in [1.82, 2.24) is 9.38 Å². The van der Waals surface area contributed by atoms with Crippen LogP contribution in [0.3, 0.4) is 0 Å². The number of nitrogens with zero attached hydrogens (tertiary/aromatic N) is 3. The van der Waals surface area contributed by atoms with E-state index < -0.39 is 0 Å². The number of benzene rings is 1. The molecule has 0 saturated carbocycles. The van der Waals surface area contributed by atoms with Gasteiger partial charge in [0.25, 0.3) is 0 Å². The molecule has 2 N–H and O–H groups in total. The van der Waals surface area contributed by atoms with Crippen molar-refractivity contribution in [2.75, 3.05) is 18.0 Å². The van der Waals surface area contributed by atoms with Gasteiger partial charge < -0.3 is 15.0 Å². The van der Waals surface area contributed by atoms with Crippen LogP contribution in [0.5, 0.6) is 0 Å². The fourth-order valence-corrected chi connectivity index (χ4v) is 4.19. The van der Waals surface area contributed by atoms with Crippen molar-refractivity contribution < 1.29 is 0 Å². The molecule has 4 nitrogen and oxygen atoms in total. The summed E-state index contributed by atoms with van der Waals surface area (Å²) in [5.74, 6) is 0. The molecule has 1 aliphatic heterocycles. The van der Waals surface area contributed by atoms with Gasteiger partial charge in [-0.2, -0.15) is 0 Å². The Morgan fingerprint density at radius 3 is 2.60 bits per heavy atom. The first-order valence-electron chi connectivity index (χ1n) is 8.58. The summed E-state index contributed by atoms with van der Waals surface area (Å²) in [7, 11) is 0. The molecule has 2 aromatic heterocycles. The Morgan fingerprint density at radius 2 is 1.88 bits per heavy atom. The molecular formula is C19H20Cl2N4. The molecule has 4 rings (SSSR count). The van der Waals surface area contributed by atoms with Crippen LogP contribution < -0.4 is 10.6 Å². The van der Waals surface area contributed by atoms with Crippen LogP contribution in [0.1, 0.15) is 24.8 Å². The zero-order valence-corrected chi connectivity index (χ0v) is 15.4. The van der Waals surface area contributed by atoms with Crippen molar-refractivity contribution in [1.29, 1.82) is 0 Å². The SMILES string of the molecule is NCc1c(-c2ccc(Cl)cc2Cl)cn2ccnc2c1N1CCCCC1. The lowest BCUT2D eigenvalue weighted by Crippen LogP contribution is -2.31. The zero-order valence-electron chi connectivity index (χ0n) is 13.9. The molecule has 0 amide bonds. The zero-order chi connectivity index (χ0) is 17.4. The summed E-state index contributed by atoms with van der Waals surface area (Å²) in [6.07, 6.45) is 9.54. The number of hydrogen-bond donors (Lipinski definition) is 1. The van der Waals surface area contributed by atoms with Crippen molar-refractivity contribution in [3.8, 4) is 11.1 Å². The van der Waals surface area contributed by atoms with E-state index in [4.69, 9.17) is 28.9 Å². The summed E-state index contributed by atoms with van der Waals surface area (Å²) >= 11 is 12.6. The van der Waals surface area contributed by atoms with Crippen molar-refractivity contribution in [3.63, 3.8) is 0 Å². The minimum absolute atomic E-state index is 0.434.